The number of pyridine rings is 1. The second kappa shape index (κ2) is 42.3. The summed E-state index contributed by atoms with van der Waals surface area (Å²) >= 11 is 4.03. The number of carbonyl (C=O) groups excluding carboxylic acids is 1. The highest BCUT2D eigenvalue weighted by atomic mass is 32.2. The molecule has 42 nitrogen and oxygen atoms in total. The first kappa shape index (κ1) is 95.7. The number of nitrogens with zero attached hydrogens (tertiary/aromatic N) is 15. The lowest BCUT2D eigenvalue weighted by molar-refractivity contribution is -0.385. The minimum Gasteiger partial charge on any atom is -0.497 e. The predicted octanol–water partition coefficient (Wildman–Crippen LogP) is 16.1. The monoisotopic (exact) mass is 1870 g/mol. The number of nitriles is 1. The van der Waals surface area contributed by atoms with E-state index < -0.39 is 122 Å². The van der Waals surface area contributed by atoms with Crippen LogP contribution in [0.1, 0.15) is 87.0 Å². The zero-order valence-corrected chi connectivity index (χ0v) is 73.1. The molecule has 0 aliphatic rings. The van der Waals surface area contributed by atoms with Crippen molar-refractivity contribution in [3.63, 3.8) is 0 Å². The summed E-state index contributed by atoms with van der Waals surface area (Å²) in [6.07, 6.45) is 0.941. The van der Waals surface area contributed by atoms with Gasteiger partial charge in [-0.05, 0) is 148 Å². The van der Waals surface area contributed by atoms with Crippen LogP contribution in [-0.2, 0) is 65.5 Å². The molecule has 0 aliphatic carbocycles. The number of azo groups is 4. The van der Waals surface area contributed by atoms with Crippen molar-refractivity contribution >= 4 is 210 Å². The number of methoxy groups -OCH3 is 1. The van der Waals surface area contributed by atoms with Gasteiger partial charge in [-0.1, -0.05) is 37.6 Å². The highest BCUT2D eigenvalue weighted by Gasteiger charge is 2.26. The van der Waals surface area contributed by atoms with Gasteiger partial charge in [0.05, 0.1) is 81.2 Å². The minimum absolute atomic E-state index is 0.0145. The summed E-state index contributed by atoms with van der Waals surface area (Å²) in [5.41, 5.74) is 0.0373. The van der Waals surface area contributed by atoms with Crippen LogP contribution in [0.2, 0.25) is 0 Å². The molecule has 9 aromatic rings. The lowest BCUT2D eigenvalue weighted by Crippen LogP contribution is -2.11. The second-order valence-corrected chi connectivity index (χ2v) is 40.1. The van der Waals surface area contributed by atoms with Gasteiger partial charge in [0.25, 0.3) is 66.4 Å². The van der Waals surface area contributed by atoms with Crippen LogP contribution in [0.15, 0.2) is 157 Å². The summed E-state index contributed by atoms with van der Waals surface area (Å²) in [5, 5.41) is 78.9. The number of benzene rings is 6. The molecule has 0 unspecified atom stereocenters. The molecular weight excluding hydrogens is 1800 g/mol. The van der Waals surface area contributed by atoms with E-state index in [1.807, 2.05) is 6.92 Å². The summed E-state index contributed by atoms with van der Waals surface area (Å²) in [7, 11) is -26.2. The third-order valence-electron chi connectivity index (χ3n) is 16.8. The number of nitro groups is 1. The first-order valence-electron chi connectivity index (χ1n) is 36.1. The Morgan fingerprint density at radius 1 is 0.549 bits per heavy atom. The van der Waals surface area contributed by atoms with Crippen LogP contribution in [0.4, 0.5) is 80.1 Å². The highest BCUT2D eigenvalue weighted by Crippen LogP contribution is 2.47. The number of amides is 1. The van der Waals surface area contributed by atoms with Crippen molar-refractivity contribution in [1.29, 1.82) is 5.26 Å². The number of aryl methyl sites for hydroxylation is 2. The number of hydrogen-bond donors (Lipinski definition) is 10. The molecule has 0 bridgehead atoms. The molecule has 52 heteroatoms. The van der Waals surface area contributed by atoms with E-state index >= 15 is 0 Å². The Morgan fingerprint density at radius 3 is 1.63 bits per heavy atom. The Hall–Kier alpha value is -10.1. The number of hydrogen-bond acceptors (Lipinski definition) is 37. The van der Waals surface area contributed by atoms with Gasteiger partial charge in [-0.2, -0.15) is 75.8 Å². The largest absolute Gasteiger partial charge is 0.497 e. The number of aromatic nitrogens is 5. The summed E-state index contributed by atoms with van der Waals surface area (Å²) in [5.74, 6) is -4.57. The van der Waals surface area contributed by atoms with Gasteiger partial charge in [0.15, 0.2) is 16.5 Å². The third-order valence-corrected chi connectivity index (χ3v) is 26.0. The molecule has 3 aromatic heterocycles. The van der Waals surface area contributed by atoms with Gasteiger partial charge in [0, 0.05) is 56.7 Å². The molecule has 0 atom stereocenters. The van der Waals surface area contributed by atoms with Crippen LogP contribution in [0, 0.1) is 42.2 Å². The van der Waals surface area contributed by atoms with E-state index in [4.69, 9.17) is 24.7 Å². The second-order valence-electron chi connectivity index (χ2n) is 26.3. The van der Waals surface area contributed by atoms with Crippen molar-refractivity contribution in [2.75, 3.05) is 81.4 Å². The molecule has 1 amide bonds. The molecule has 0 aliphatic heterocycles. The van der Waals surface area contributed by atoms with Gasteiger partial charge in [-0.25, -0.2) is 4.98 Å². The number of ether oxygens (including phenoxy) is 2. The van der Waals surface area contributed by atoms with Gasteiger partial charge in [-0.15, -0.1) is 71.1 Å². The Bertz CT molecular complexity index is 6380. The lowest BCUT2D eigenvalue weighted by Gasteiger charge is -2.15. The molecule has 3 heterocycles. The standard InChI is InChI=1S/C70H78N18O24S10/c1-6-7-8-14-64(89)72-49-35-56(61(114-23-11-28-119(99,100)101)38-51(49)81-79-47-18-16-44(88(91)92)33-63(47)122(108,109)110)85-82-52-39-62(115-24-12-29-120(102,103)104)57(36-50(52)74-68-76-69(78-70(77-68)116-25-13-30-121(105,106)107)75-55-31-41(2)15-20-60(55)113-22-10-27-118(96,97)98)84-80-48-37-59(112-21-9-26-117(93,94)95)54(32-42(48)3)83-86-65-43(4)46(40-71)66-73-53-34-45(111-5)17-19-58(53)87(66)67(65)90/h15-20,31-39,90H,6-14,21-30H2,1-5H3,(H,72,89)(H,93,94,95)(H,96,97,98)(H,99,100,101)(H,102,103,104)(H,105,106,107)(H,108,109,110)(H2,74,75,76,77,78). The molecule has 10 N–H and O–H groups in total. The fourth-order valence-electron chi connectivity index (χ4n) is 11.0. The number of nitrogens with one attached hydrogen (secondary N) is 3. The Kier molecular flexibility index (Phi) is 33.2. The molecule has 9 rings (SSSR count). The highest BCUT2D eigenvalue weighted by molar-refractivity contribution is 8.00. The Balaban J connectivity index is 1.27. The number of carbonyl (C=O) groups is 1. The van der Waals surface area contributed by atoms with E-state index in [1.54, 1.807) is 50.2 Å². The number of rotatable bonds is 45. The van der Waals surface area contributed by atoms with Gasteiger partial charge >= 0.3 is 0 Å². The SMILES string of the molecule is CCCCCC(=O)Nc1cc(N=Nc2cc(SCCCS(=O)(=O)O)c(N=Nc3cc(OCCCS(=O)(=O)O)c(N=Nc4c(C)c(C#N)c5nc6cc(OC)ccc6n5c4O)cc3C)cc2Nc2nc(Nc3cc(C)ccc3SCCCS(=O)(=O)O)nc(SCCCS(=O)(=O)O)n2)c(SCCCS(=O)(=O)O)cc1N=Nc1ccc([N+](=O)[O-])cc1S(=O)(=O)O. The summed E-state index contributed by atoms with van der Waals surface area (Å²) in [4.78, 5) is 43.0. The molecule has 0 fully saturated rings. The van der Waals surface area contributed by atoms with Crippen molar-refractivity contribution < 1.29 is 102 Å². The van der Waals surface area contributed by atoms with Crippen molar-refractivity contribution in [2.45, 2.75) is 110 Å². The van der Waals surface area contributed by atoms with E-state index in [1.165, 1.54) is 66.6 Å². The van der Waals surface area contributed by atoms with E-state index in [2.05, 4.69) is 67.7 Å². The van der Waals surface area contributed by atoms with E-state index in [0.29, 0.717) is 58.3 Å². The van der Waals surface area contributed by atoms with Crippen molar-refractivity contribution in [3.05, 3.63) is 123 Å². The van der Waals surface area contributed by atoms with Crippen LogP contribution < -0.4 is 25.4 Å². The average Bonchev–Trinajstić information content (AvgIpc) is 1.58. The summed E-state index contributed by atoms with van der Waals surface area (Å²) in [6, 6.07) is 22.6. The maximum Gasteiger partial charge on any atom is 0.297 e. The molecule has 0 spiro atoms. The van der Waals surface area contributed by atoms with Gasteiger partial charge in [-0.3, -0.25) is 46.6 Å². The number of nitro benzene ring substituents is 1. The van der Waals surface area contributed by atoms with Crippen LogP contribution in [0.5, 0.6) is 17.4 Å². The fraction of sp³-hybridized carbons (Fsp3) is 0.343. The van der Waals surface area contributed by atoms with Crippen LogP contribution >= 0.6 is 47.0 Å². The van der Waals surface area contributed by atoms with Crippen molar-refractivity contribution in [3.8, 4) is 23.4 Å². The number of fused-ring (bicyclic) bond motifs is 3. The number of anilines is 5. The van der Waals surface area contributed by atoms with Gasteiger partial charge < -0.3 is 30.5 Å². The van der Waals surface area contributed by atoms with Crippen LogP contribution in [0.3, 0.4) is 0 Å². The fourth-order valence-corrected chi connectivity index (χ4v) is 18.5. The molecular formula is C70H78N18O24S10. The molecule has 0 saturated carbocycles. The van der Waals surface area contributed by atoms with Crippen LogP contribution in [0.25, 0.3) is 16.7 Å². The lowest BCUT2D eigenvalue weighted by atomic mass is 10.1. The number of non-ortho nitro benzene ring substituents is 1. The van der Waals surface area contributed by atoms with Gasteiger partial charge in [0.2, 0.25) is 23.7 Å². The van der Waals surface area contributed by atoms with Crippen molar-refractivity contribution in [2.24, 2.45) is 40.9 Å². The maximum absolute atomic E-state index is 13.9. The van der Waals surface area contributed by atoms with Crippen molar-refractivity contribution in [1.82, 2.24) is 24.3 Å². The van der Waals surface area contributed by atoms with E-state index in [0.717, 1.165) is 53.0 Å². The Labute approximate surface area is 716 Å². The zero-order chi connectivity index (χ0) is 89.1. The smallest absolute Gasteiger partial charge is 0.297 e. The predicted molar refractivity (Wildman–Crippen MR) is 458 cm³/mol. The quantitative estimate of drug-likeness (QED) is 0.00423. The third kappa shape index (κ3) is 29.0. The number of unbranched alkanes of at least 4 members (excludes halogenated alkanes) is 2. The van der Waals surface area contributed by atoms with Gasteiger partial charge in [0.1, 0.15) is 62.2 Å². The van der Waals surface area contributed by atoms with Crippen LogP contribution in [-0.4, -0.2) is 184 Å². The summed E-state index contributed by atoms with van der Waals surface area (Å²) in [6.45, 7) is 6.40. The number of imidazole rings is 1. The number of thioether (sulfide) groups is 4. The first-order valence-corrected chi connectivity index (χ1v) is 49.5. The number of aromatic hydroxyl groups is 1. The molecule has 652 valence electrons. The van der Waals surface area contributed by atoms with E-state index in [-0.39, 0.29) is 169 Å². The molecule has 122 heavy (non-hydrogen) atoms. The zero-order valence-electron chi connectivity index (χ0n) is 65.0. The Morgan fingerprint density at radius 2 is 1.07 bits per heavy atom. The normalized spacial score (nSPS) is 12.5. The topological polar surface area (TPSA) is 640 Å². The van der Waals surface area contributed by atoms with E-state index in [9.17, 15) is 103 Å². The molecule has 6 aromatic carbocycles. The summed E-state index contributed by atoms with van der Waals surface area (Å²) < 4.78 is 216. The first-order chi connectivity index (χ1) is 57.4. The molecule has 0 radical (unpaired) electrons. The molecule has 0 saturated heterocycles. The maximum atomic E-state index is 13.9. The minimum atomic E-state index is -5.23. The average molecular weight is 1880 g/mol.